The van der Waals surface area contributed by atoms with E-state index in [0.717, 1.165) is 26.2 Å². The molecule has 2 rings (SSSR count). The van der Waals surface area contributed by atoms with Gasteiger partial charge in [-0.1, -0.05) is 0 Å². The van der Waals surface area contributed by atoms with E-state index in [1.807, 2.05) is 0 Å². The molecule has 0 unspecified atom stereocenters. The number of ether oxygens (including phenoxy) is 1. The van der Waals surface area contributed by atoms with Gasteiger partial charge in [-0.05, 0) is 38.2 Å². The SMILES string of the molecule is CCOC(=O)C(=O)Nc1ccc(C(=O)CN2CCN(C)CC2)cc1. The van der Waals surface area contributed by atoms with E-state index in [9.17, 15) is 14.4 Å². The molecule has 1 aliphatic heterocycles. The Hall–Kier alpha value is -2.25. The van der Waals surface area contributed by atoms with E-state index in [2.05, 4.69) is 26.9 Å². The summed E-state index contributed by atoms with van der Waals surface area (Å²) in [6, 6.07) is 6.51. The van der Waals surface area contributed by atoms with Gasteiger partial charge in [-0.3, -0.25) is 14.5 Å². The van der Waals surface area contributed by atoms with E-state index in [1.165, 1.54) is 0 Å². The number of hydrogen-bond acceptors (Lipinski definition) is 6. The number of carbonyl (C=O) groups is 3. The third-order valence-corrected chi connectivity index (χ3v) is 3.89. The van der Waals surface area contributed by atoms with Crippen LogP contribution in [0.1, 0.15) is 17.3 Å². The summed E-state index contributed by atoms with van der Waals surface area (Å²) < 4.78 is 4.62. The van der Waals surface area contributed by atoms with E-state index in [4.69, 9.17) is 0 Å². The fourth-order valence-corrected chi connectivity index (χ4v) is 2.42. The number of amides is 1. The first kappa shape index (κ1) is 18.1. The molecular formula is C17H23N3O4. The zero-order valence-electron chi connectivity index (χ0n) is 14.1. The van der Waals surface area contributed by atoms with E-state index in [-0.39, 0.29) is 12.4 Å². The van der Waals surface area contributed by atoms with Crippen LogP contribution in [0.3, 0.4) is 0 Å². The molecule has 1 aromatic rings. The Bertz CT molecular complexity index is 592. The molecule has 24 heavy (non-hydrogen) atoms. The summed E-state index contributed by atoms with van der Waals surface area (Å²) in [7, 11) is 2.07. The number of hydrogen-bond donors (Lipinski definition) is 1. The predicted molar refractivity (Wildman–Crippen MR) is 90.0 cm³/mol. The Balaban J connectivity index is 1.88. The fraction of sp³-hybridized carbons (Fsp3) is 0.471. The van der Waals surface area contributed by atoms with Gasteiger partial charge in [-0.2, -0.15) is 0 Å². The van der Waals surface area contributed by atoms with Crippen LogP contribution >= 0.6 is 0 Å². The highest BCUT2D eigenvalue weighted by Gasteiger charge is 2.18. The maximum absolute atomic E-state index is 12.3. The monoisotopic (exact) mass is 333 g/mol. The summed E-state index contributed by atoms with van der Waals surface area (Å²) in [5.74, 6) is -1.70. The highest BCUT2D eigenvalue weighted by molar-refractivity contribution is 6.37. The van der Waals surface area contributed by atoms with E-state index < -0.39 is 11.9 Å². The summed E-state index contributed by atoms with van der Waals surface area (Å²) in [6.45, 7) is 5.87. The normalized spacial score (nSPS) is 15.8. The minimum Gasteiger partial charge on any atom is -0.459 e. The second-order valence-corrected chi connectivity index (χ2v) is 5.75. The van der Waals surface area contributed by atoms with E-state index in [1.54, 1.807) is 31.2 Å². The van der Waals surface area contributed by atoms with Crippen molar-refractivity contribution in [3.63, 3.8) is 0 Å². The average molecular weight is 333 g/mol. The molecule has 0 saturated carbocycles. The van der Waals surface area contributed by atoms with Gasteiger partial charge in [-0.15, -0.1) is 0 Å². The molecule has 1 amide bonds. The summed E-state index contributed by atoms with van der Waals surface area (Å²) in [5.41, 5.74) is 1.03. The molecule has 7 heteroatoms. The minimum atomic E-state index is -0.923. The molecule has 0 radical (unpaired) electrons. The van der Waals surface area contributed by atoms with Crippen LogP contribution < -0.4 is 5.32 Å². The third kappa shape index (κ3) is 5.14. The number of Topliss-reactive ketones (excluding diaryl/α,β-unsaturated/α-hetero) is 1. The zero-order chi connectivity index (χ0) is 17.5. The van der Waals surface area contributed by atoms with Gasteiger partial charge in [0.25, 0.3) is 0 Å². The highest BCUT2D eigenvalue weighted by Crippen LogP contribution is 2.11. The number of likely N-dealkylation sites (N-methyl/N-ethyl adjacent to an activating group) is 1. The lowest BCUT2D eigenvalue weighted by Gasteiger charge is -2.31. The third-order valence-electron chi connectivity index (χ3n) is 3.89. The van der Waals surface area contributed by atoms with Gasteiger partial charge in [0.1, 0.15) is 0 Å². The van der Waals surface area contributed by atoms with Crippen molar-refractivity contribution >= 4 is 23.3 Å². The zero-order valence-corrected chi connectivity index (χ0v) is 14.1. The smallest absolute Gasteiger partial charge is 0.397 e. The number of piperazine rings is 1. The molecule has 0 aliphatic carbocycles. The van der Waals surface area contributed by atoms with Crippen molar-refractivity contribution in [2.24, 2.45) is 0 Å². The molecule has 0 spiro atoms. The Kier molecular flexibility index (Phi) is 6.45. The number of benzene rings is 1. The average Bonchev–Trinajstić information content (AvgIpc) is 2.57. The van der Waals surface area contributed by atoms with Gasteiger partial charge in [-0.25, -0.2) is 4.79 Å². The first-order valence-electron chi connectivity index (χ1n) is 8.02. The lowest BCUT2D eigenvalue weighted by molar-refractivity contribution is -0.152. The Morgan fingerprint density at radius 3 is 2.29 bits per heavy atom. The Morgan fingerprint density at radius 2 is 1.71 bits per heavy atom. The van der Waals surface area contributed by atoms with Crippen molar-refractivity contribution in [2.45, 2.75) is 6.92 Å². The summed E-state index contributed by atoms with van der Waals surface area (Å²) in [5, 5.41) is 2.44. The number of rotatable bonds is 5. The van der Waals surface area contributed by atoms with Crippen molar-refractivity contribution < 1.29 is 19.1 Å². The van der Waals surface area contributed by atoms with Crippen LogP contribution in [0.15, 0.2) is 24.3 Å². The number of nitrogens with zero attached hydrogens (tertiary/aromatic N) is 2. The number of nitrogens with one attached hydrogen (secondary N) is 1. The van der Waals surface area contributed by atoms with Crippen LogP contribution in [-0.4, -0.2) is 73.8 Å². The quantitative estimate of drug-likeness (QED) is 0.483. The summed E-state index contributed by atoms with van der Waals surface area (Å²) >= 11 is 0. The Morgan fingerprint density at radius 1 is 1.08 bits per heavy atom. The minimum absolute atomic E-state index is 0.0443. The summed E-state index contributed by atoms with van der Waals surface area (Å²) in [4.78, 5) is 39.5. The van der Waals surface area contributed by atoms with Crippen LogP contribution in [0, 0.1) is 0 Å². The van der Waals surface area contributed by atoms with Crippen molar-refractivity contribution in [3.05, 3.63) is 29.8 Å². The molecule has 7 nitrogen and oxygen atoms in total. The molecule has 0 bridgehead atoms. The molecule has 1 N–H and O–H groups in total. The topological polar surface area (TPSA) is 78.9 Å². The predicted octanol–water partition coefficient (Wildman–Crippen LogP) is 0.618. The molecule has 130 valence electrons. The first-order valence-corrected chi connectivity index (χ1v) is 8.02. The van der Waals surface area contributed by atoms with Crippen molar-refractivity contribution in [3.8, 4) is 0 Å². The second-order valence-electron chi connectivity index (χ2n) is 5.75. The molecule has 0 aromatic heterocycles. The standard InChI is InChI=1S/C17H23N3O4/c1-3-24-17(23)16(22)18-14-6-4-13(5-7-14)15(21)12-20-10-8-19(2)9-11-20/h4-7H,3,8-12H2,1-2H3,(H,18,22). The second kappa shape index (κ2) is 8.56. The van der Waals surface area contributed by atoms with Crippen molar-refractivity contribution in [1.82, 2.24) is 9.80 Å². The van der Waals surface area contributed by atoms with Gasteiger partial charge >= 0.3 is 11.9 Å². The maximum Gasteiger partial charge on any atom is 0.397 e. The molecule has 1 aliphatic rings. The lowest BCUT2D eigenvalue weighted by Crippen LogP contribution is -2.46. The molecule has 1 fully saturated rings. The van der Waals surface area contributed by atoms with Crippen molar-refractivity contribution in [1.29, 1.82) is 0 Å². The van der Waals surface area contributed by atoms with Gasteiger partial charge in [0.15, 0.2) is 5.78 Å². The largest absolute Gasteiger partial charge is 0.459 e. The molecule has 1 aromatic carbocycles. The van der Waals surface area contributed by atoms with Gasteiger partial charge < -0.3 is 15.0 Å². The van der Waals surface area contributed by atoms with Crippen molar-refractivity contribution in [2.75, 3.05) is 51.7 Å². The van der Waals surface area contributed by atoms with Gasteiger partial charge in [0.05, 0.1) is 13.2 Å². The van der Waals surface area contributed by atoms with E-state index >= 15 is 0 Å². The molecule has 1 heterocycles. The molecule has 0 atom stereocenters. The molecule has 1 saturated heterocycles. The summed E-state index contributed by atoms with van der Waals surface area (Å²) in [6.07, 6.45) is 0. The maximum atomic E-state index is 12.3. The van der Waals surface area contributed by atoms with Crippen LogP contribution in [0.5, 0.6) is 0 Å². The van der Waals surface area contributed by atoms with Gasteiger partial charge in [0.2, 0.25) is 0 Å². The van der Waals surface area contributed by atoms with Crippen LogP contribution in [0.2, 0.25) is 0 Å². The van der Waals surface area contributed by atoms with Crippen LogP contribution in [0.4, 0.5) is 5.69 Å². The van der Waals surface area contributed by atoms with Gasteiger partial charge in [0, 0.05) is 37.4 Å². The number of esters is 1. The number of carbonyl (C=O) groups excluding carboxylic acids is 3. The van der Waals surface area contributed by atoms with Crippen LogP contribution in [0.25, 0.3) is 0 Å². The highest BCUT2D eigenvalue weighted by atomic mass is 16.5. The number of ketones is 1. The molecular weight excluding hydrogens is 310 g/mol. The van der Waals surface area contributed by atoms with E-state index in [0.29, 0.717) is 17.8 Å². The lowest BCUT2D eigenvalue weighted by atomic mass is 10.1. The number of anilines is 1. The fourth-order valence-electron chi connectivity index (χ4n) is 2.42. The first-order chi connectivity index (χ1) is 11.5. The van der Waals surface area contributed by atoms with Crippen LogP contribution in [-0.2, 0) is 14.3 Å². The Labute approximate surface area is 141 Å².